The van der Waals surface area contributed by atoms with Crippen LogP contribution in [0.4, 0.5) is 18.9 Å². The molecule has 11 heteroatoms. The van der Waals surface area contributed by atoms with Crippen LogP contribution in [0.25, 0.3) is 11.3 Å². The minimum absolute atomic E-state index is 0.00155. The predicted octanol–water partition coefficient (Wildman–Crippen LogP) is 4.83. The molecule has 1 amide bonds. The smallest absolute Gasteiger partial charge is 0.416 e. The number of aryl methyl sites for hydroxylation is 1. The van der Waals surface area contributed by atoms with Crippen molar-refractivity contribution in [3.63, 3.8) is 0 Å². The number of furan rings is 1. The van der Waals surface area contributed by atoms with E-state index in [0.29, 0.717) is 0 Å². The molecule has 0 saturated carbocycles. The maximum absolute atomic E-state index is 13.0. The van der Waals surface area contributed by atoms with Crippen molar-refractivity contribution in [2.45, 2.75) is 18.0 Å². The van der Waals surface area contributed by atoms with E-state index in [1.165, 1.54) is 37.3 Å². The summed E-state index contributed by atoms with van der Waals surface area (Å²) in [5.74, 6) is -0.440. The minimum Gasteiger partial charge on any atom is -0.460 e. The molecule has 0 radical (unpaired) electrons. The Morgan fingerprint density at radius 3 is 2.30 bits per heavy atom. The number of carbonyl (C=O) groups excluding carboxylic acids is 1. The van der Waals surface area contributed by atoms with Crippen LogP contribution in [0, 0.1) is 6.92 Å². The molecule has 0 bridgehead atoms. The Morgan fingerprint density at radius 2 is 1.73 bits per heavy atom. The SMILES string of the molecule is Cc1oc(-c2cc(C(F)(F)F)ccc2Cl)cc1C(=O)Nc1ccc(S(N)(=O)=O)cc1. The fraction of sp³-hybridized carbons (Fsp3) is 0.105. The summed E-state index contributed by atoms with van der Waals surface area (Å²) in [5, 5.41) is 7.59. The van der Waals surface area contributed by atoms with E-state index in [0.717, 1.165) is 18.2 Å². The highest BCUT2D eigenvalue weighted by atomic mass is 35.5. The van der Waals surface area contributed by atoms with Gasteiger partial charge in [0.2, 0.25) is 10.0 Å². The van der Waals surface area contributed by atoms with Gasteiger partial charge in [0.25, 0.3) is 5.91 Å². The second-order valence-corrected chi connectivity index (χ2v) is 8.27. The van der Waals surface area contributed by atoms with Gasteiger partial charge in [0.05, 0.1) is 21.0 Å². The van der Waals surface area contributed by atoms with Crippen LogP contribution in [-0.4, -0.2) is 14.3 Å². The Morgan fingerprint density at radius 1 is 1.10 bits per heavy atom. The van der Waals surface area contributed by atoms with E-state index in [4.69, 9.17) is 21.2 Å². The van der Waals surface area contributed by atoms with Crippen molar-refractivity contribution in [3.8, 4) is 11.3 Å². The zero-order chi connectivity index (χ0) is 22.3. The summed E-state index contributed by atoms with van der Waals surface area (Å²) < 4.78 is 67.0. The fourth-order valence-corrected chi connectivity index (χ4v) is 3.38. The number of anilines is 1. The third-order valence-corrected chi connectivity index (χ3v) is 5.42. The minimum atomic E-state index is -4.57. The molecule has 0 saturated heterocycles. The first-order valence-corrected chi connectivity index (χ1v) is 10.2. The van der Waals surface area contributed by atoms with Crippen molar-refractivity contribution in [2.24, 2.45) is 5.14 Å². The third kappa shape index (κ3) is 4.66. The van der Waals surface area contributed by atoms with Crippen LogP contribution in [0.15, 0.2) is 57.8 Å². The molecule has 3 N–H and O–H groups in total. The van der Waals surface area contributed by atoms with Crippen molar-refractivity contribution in [1.82, 2.24) is 0 Å². The second kappa shape index (κ2) is 7.78. The number of amides is 1. The van der Waals surface area contributed by atoms with Gasteiger partial charge in [-0.25, -0.2) is 13.6 Å². The van der Waals surface area contributed by atoms with Gasteiger partial charge in [-0.1, -0.05) is 11.6 Å². The number of carbonyl (C=O) groups is 1. The van der Waals surface area contributed by atoms with Crippen molar-refractivity contribution >= 4 is 33.2 Å². The first-order valence-electron chi connectivity index (χ1n) is 8.28. The van der Waals surface area contributed by atoms with Crippen LogP contribution >= 0.6 is 11.6 Å². The molecule has 0 fully saturated rings. The summed E-state index contributed by atoms with van der Waals surface area (Å²) in [6, 6.07) is 9.21. The Labute approximate surface area is 174 Å². The number of halogens is 4. The molecule has 0 aliphatic heterocycles. The third-order valence-electron chi connectivity index (χ3n) is 4.16. The van der Waals surface area contributed by atoms with Gasteiger partial charge in [0.15, 0.2) is 0 Å². The number of nitrogens with two attached hydrogens (primary N) is 1. The van der Waals surface area contributed by atoms with Gasteiger partial charge in [0.1, 0.15) is 11.5 Å². The fourth-order valence-electron chi connectivity index (χ4n) is 2.66. The molecule has 6 nitrogen and oxygen atoms in total. The molecule has 3 rings (SSSR count). The average molecular weight is 459 g/mol. The van der Waals surface area contributed by atoms with E-state index in [9.17, 15) is 26.4 Å². The molecule has 30 heavy (non-hydrogen) atoms. The average Bonchev–Trinajstić information content (AvgIpc) is 3.02. The van der Waals surface area contributed by atoms with Gasteiger partial charge in [-0.15, -0.1) is 0 Å². The monoisotopic (exact) mass is 458 g/mol. The van der Waals surface area contributed by atoms with Crippen LogP contribution in [-0.2, 0) is 16.2 Å². The molecule has 2 aromatic carbocycles. The largest absolute Gasteiger partial charge is 0.460 e. The number of primary sulfonamides is 1. The van der Waals surface area contributed by atoms with Crippen molar-refractivity contribution in [1.29, 1.82) is 0 Å². The quantitative estimate of drug-likeness (QED) is 0.584. The first kappa shape index (κ1) is 21.9. The maximum Gasteiger partial charge on any atom is 0.416 e. The highest BCUT2D eigenvalue weighted by Crippen LogP contribution is 2.37. The number of alkyl halides is 3. The molecule has 0 spiro atoms. The number of rotatable bonds is 4. The molecule has 0 atom stereocenters. The maximum atomic E-state index is 13.0. The molecule has 158 valence electrons. The van der Waals surface area contributed by atoms with Gasteiger partial charge in [-0.3, -0.25) is 4.79 Å². The first-order chi connectivity index (χ1) is 13.9. The Hall–Kier alpha value is -2.82. The van der Waals surface area contributed by atoms with E-state index >= 15 is 0 Å². The standard InChI is InChI=1S/C19H14ClF3N2O4S/c1-10-14(18(26)25-12-3-5-13(6-4-12)30(24,27)28)9-17(29-10)15-8-11(19(21,22)23)2-7-16(15)20/h2-9H,1H3,(H,25,26)(H2,24,27,28). The molecule has 0 unspecified atom stereocenters. The lowest BCUT2D eigenvalue weighted by Crippen LogP contribution is -2.14. The Kier molecular flexibility index (Phi) is 5.68. The highest BCUT2D eigenvalue weighted by molar-refractivity contribution is 7.89. The summed E-state index contributed by atoms with van der Waals surface area (Å²) in [4.78, 5) is 12.4. The summed E-state index contributed by atoms with van der Waals surface area (Å²) in [7, 11) is -3.87. The molecule has 1 aromatic heterocycles. The van der Waals surface area contributed by atoms with Crippen LogP contribution in [0.5, 0.6) is 0 Å². The summed E-state index contributed by atoms with van der Waals surface area (Å²) in [6.07, 6.45) is -4.57. The Bertz CT molecular complexity index is 1220. The van der Waals surface area contributed by atoms with Gasteiger partial charge in [-0.05, 0) is 55.5 Å². The van der Waals surface area contributed by atoms with Gasteiger partial charge in [-0.2, -0.15) is 13.2 Å². The van der Waals surface area contributed by atoms with Crippen molar-refractivity contribution < 1.29 is 30.8 Å². The van der Waals surface area contributed by atoms with Crippen LogP contribution in [0.2, 0.25) is 5.02 Å². The topological polar surface area (TPSA) is 102 Å². The summed E-state index contributed by atoms with van der Waals surface area (Å²) in [5.41, 5.74) is -0.552. The molecule has 0 aliphatic rings. The Balaban J connectivity index is 1.89. The van der Waals surface area contributed by atoms with E-state index < -0.39 is 27.7 Å². The lowest BCUT2D eigenvalue weighted by Gasteiger charge is -2.09. The van der Waals surface area contributed by atoms with Crippen LogP contribution in [0.1, 0.15) is 21.7 Å². The zero-order valence-corrected chi connectivity index (χ0v) is 16.8. The number of hydrogen-bond donors (Lipinski definition) is 2. The van der Waals surface area contributed by atoms with Gasteiger partial charge >= 0.3 is 6.18 Å². The number of nitrogens with one attached hydrogen (secondary N) is 1. The van der Waals surface area contributed by atoms with Gasteiger partial charge < -0.3 is 9.73 Å². The normalized spacial score (nSPS) is 12.1. The van der Waals surface area contributed by atoms with E-state index in [1.807, 2.05) is 0 Å². The summed E-state index contributed by atoms with van der Waals surface area (Å²) >= 11 is 6.02. The zero-order valence-electron chi connectivity index (χ0n) is 15.2. The summed E-state index contributed by atoms with van der Waals surface area (Å²) in [6.45, 7) is 1.48. The van der Waals surface area contributed by atoms with Crippen molar-refractivity contribution in [2.75, 3.05) is 5.32 Å². The lowest BCUT2D eigenvalue weighted by atomic mass is 10.1. The van der Waals surface area contributed by atoms with Crippen LogP contribution in [0.3, 0.4) is 0 Å². The lowest BCUT2D eigenvalue weighted by molar-refractivity contribution is -0.137. The van der Waals surface area contributed by atoms with E-state index in [1.54, 1.807) is 0 Å². The number of sulfonamides is 1. The molecular weight excluding hydrogens is 445 g/mol. The molecule has 3 aromatic rings. The van der Waals surface area contributed by atoms with Crippen LogP contribution < -0.4 is 10.5 Å². The molecule has 1 heterocycles. The highest BCUT2D eigenvalue weighted by Gasteiger charge is 2.31. The number of benzene rings is 2. The van der Waals surface area contributed by atoms with E-state index in [2.05, 4.69) is 5.32 Å². The van der Waals surface area contributed by atoms with Crippen molar-refractivity contribution in [3.05, 3.63) is 70.4 Å². The second-order valence-electron chi connectivity index (χ2n) is 6.30. The van der Waals surface area contributed by atoms with Gasteiger partial charge in [0, 0.05) is 11.3 Å². The predicted molar refractivity (Wildman–Crippen MR) is 105 cm³/mol. The molecular formula is C19H14ClF3N2O4S. The molecule has 0 aliphatic carbocycles. The number of hydrogen-bond acceptors (Lipinski definition) is 4. The van der Waals surface area contributed by atoms with E-state index in [-0.39, 0.29) is 38.3 Å².